The molecule has 0 radical (unpaired) electrons. The van der Waals surface area contributed by atoms with E-state index in [2.05, 4.69) is 25.7 Å². The molecule has 0 N–H and O–H groups in total. The fourth-order valence-corrected chi connectivity index (χ4v) is 1.23. The van der Waals surface area contributed by atoms with Gasteiger partial charge in [-0.05, 0) is 20.8 Å². The Balaban J connectivity index is 0.000001000. The lowest BCUT2D eigenvalue weighted by molar-refractivity contribution is -0.00389. The summed E-state index contributed by atoms with van der Waals surface area (Å²) in [5.74, 6) is 0. The summed E-state index contributed by atoms with van der Waals surface area (Å²) in [7, 11) is 0. The molecule has 1 saturated heterocycles. The van der Waals surface area contributed by atoms with Gasteiger partial charge in [-0.3, -0.25) is 4.90 Å². The Labute approximate surface area is 75.3 Å². The van der Waals surface area contributed by atoms with Crippen molar-refractivity contribution < 1.29 is 4.74 Å². The summed E-state index contributed by atoms with van der Waals surface area (Å²) < 4.78 is 5.25. The van der Waals surface area contributed by atoms with Crippen LogP contribution in [-0.2, 0) is 4.74 Å². The molecule has 0 unspecified atom stereocenters. The quantitative estimate of drug-likeness (QED) is 0.560. The van der Waals surface area contributed by atoms with Gasteiger partial charge < -0.3 is 4.74 Å². The molecule has 0 amide bonds. The molecule has 0 aromatic carbocycles. The Bertz CT molecular complexity index is 105. The Morgan fingerprint density at radius 2 is 1.55 bits per heavy atom. The third-order valence-corrected chi connectivity index (χ3v) is 1.96. The zero-order chi connectivity index (χ0) is 7.61. The summed E-state index contributed by atoms with van der Waals surface area (Å²) in [4.78, 5) is 2.45. The monoisotopic (exact) mass is 179 g/mol. The summed E-state index contributed by atoms with van der Waals surface area (Å²) in [6.07, 6.45) is 0. The summed E-state index contributed by atoms with van der Waals surface area (Å²) >= 11 is 0. The normalized spacial score (nSPS) is 21.0. The number of halogens is 1. The second-order valence-corrected chi connectivity index (χ2v) is 3.77. The first-order chi connectivity index (χ1) is 4.61. The van der Waals surface area contributed by atoms with Gasteiger partial charge in [-0.2, -0.15) is 0 Å². The highest BCUT2D eigenvalue weighted by atomic mass is 35.5. The first-order valence-electron chi connectivity index (χ1n) is 3.93. The smallest absolute Gasteiger partial charge is 0.0594 e. The number of hydrogen-bond donors (Lipinski definition) is 0. The SMILES string of the molecule is CC(C)(C)N1CCOCC1.Cl. The number of ether oxygens (including phenoxy) is 1. The molecular weight excluding hydrogens is 162 g/mol. The highest BCUT2D eigenvalue weighted by molar-refractivity contribution is 5.85. The van der Waals surface area contributed by atoms with Gasteiger partial charge in [-0.1, -0.05) is 0 Å². The van der Waals surface area contributed by atoms with E-state index >= 15 is 0 Å². The molecule has 1 aliphatic rings. The van der Waals surface area contributed by atoms with Gasteiger partial charge in [0.2, 0.25) is 0 Å². The van der Waals surface area contributed by atoms with Gasteiger partial charge in [0.25, 0.3) is 0 Å². The van der Waals surface area contributed by atoms with E-state index < -0.39 is 0 Å². The van der Waals surface area contributed by atoms with Crippen molar-refractivity contribution >= 4 is 12.4 Å². The van der Waals surface area contributed by atoms with E-state index in [1.54, 1.807) is 0 Å². The Hall–Kier alpha value is 0.210. The molecule has 0 aromatic rings. The van der Waals surface area contributed by atoms with Crippen molar-refractivity contribution in [3.8, 4) is 0 Å². The number of rotatable bonds is 0. The number of morpholine rings is 1. The summed E-state index contributed by atoms with van der Waals surface area (Å²) in [5, 5.41) is 0. The highest BCUT2D eigenvalue weighted by Crippen LogP contribution is 2.13. The van der Waals surface area contributed by atoms with E-state index in [0.29, 0.717) is 5.54 Å². The lowest BCUT2D eigenvalue weighted by atomic mass is 10.1. The molecule has 1 rings (SSSR count). The second kappa shape index (κ2) is 4.29. The average Bonchev–Trinajstić information content (AvgIpc) is 1.88. The van der Waals surface area contributed by atoms with Gasteiger partial charge >= 0.3 is 0 Å². The number of hydrogen-bond acceptors (Lipinski definition) is 2. The van der Waals surface area contributed by atoms with Gasteiger partial charge in [-0.25, -0.2) is 0 Å². The molecule has 3 heteroatoms. The van der Waals surface area contributed by atoms with Crippen molar-refractivity contribution in [1.82, 2.24) is 4.90 Å². The van der Waals surface area contributed by atoms with Gasteiger partial charge in [-0.15, -0.1) is 12.4 Å². The minimum atomic E-state index is 0. The fourth-order valence-electron chi connectivity index (χ4n) is 1.23. The van der Waals surface area contributed by atoms with Crippen LogP contribution in [0.1, 0.15) is 20.8 Å². The van der Waals surface area contributed by atoms with Crippen LogP contribution in [0.4, 0.5) is 0 Å². The van der Waals surface area contributed by atoms with Crippen molar-refractivity contribution in [2.24, 2.45) is 0 Å². The lowest BCUT2D eigenvalue weighted by Crippen LogP contribution is -2.47. The van der Waals surface area contributed by atoms with Crippen LogP contribution in [0.25, 0.3) is 0 Å². The molecule has 1 heterocycles. The predicted octanol–water partition coefficient (Wildman–Crippen LogP) is 1.54. The lowest BCUT2D eigenvalue weighted by Gasteiger charge is -2.38. The second-order valence-electron chi connectivity index (χ2n) is 3.77. The van der Waals surface area contributed by atoms with Crippen LogP contribution < -0.4 is 0 Å². The van der Waals surface area contributed by atoms with Crippen LogP contribution in [0.5, 0.6) is 0 Å². The minimum absolute atomic E-state index is 0. The maximum atomic E-state index is 5.25. The molecule has 2 nitrogen and oxygen atoms in total. The summed E-state index contributed by atoms with van der Waals surface area (Å²) in [5.41, 5.74) is 0.323. The van der Waals surface area contributed by atoms with E-state index in [4.69, 9.17) is 4.74 Å². The molecule has 11 heavy (non-hydrogen) atoms. The largest absolute Gasteiger partial charge is 0.379 e. The predicted molar refractivity (Wildman–Crippen MR) is 49.4 cm³/mol. The third-order valence-electron chi connectivity index (χ3n) is 1.96. The fraction of sp³-hybridized carbons (Fsp3) is 1.00. The molecule has 0 bridgehead atoms. The number of nitrogens with zero attached hydrogens (tertiary/aromatic N) is 1. The van der Waals surface area contributed by atoms with Gasteiger partial charge in [0.15, 0.2) is 0 Å². The van der Waals surface area contributed by atoms with Crippen molar-refractivity contribution in [2.45, 2.75) is 26.3 Å². The van der Waals surface area contributed by atoms with Crippen LogP contribution in [-0.4, -0.2) is 36.7 Å². The maximum Gasteiger partial charge on any atom is 0.0594 e. The van der Waals surface area contributed by atoms with Crippen molar-refractivity contribution in [3.05, 3.63) is 0 Å². The van der Waals surface area contributed by atoms with Gasteiger partial charge in [0.1, 0.15) is 0 Å². The Morgan fingerprint density at radius 1 is 1.09 bits per heavy atom. The average molecular weight is 180 g/mol. The molecule has 1 aliphatic heterocycles. The van der Waals surface area contributed by atoms with Crippen LogP contribution in [0, 0.1) is 0 Å². The van der Waals surface area contributed by atoms with Crippen molar-refractivity contribution in [3.63, 3.8) is 0 Å². The molecule has 0 spiro atoms. The van der Waals surface area contributed by atoms with Crippen LogP contribution in [0.2, 0.25) is 0 Å². The molecule has 0 saturated carbocycles. The van der Waals surface area contributed by atoms with Crippen LogP contribution in [0.3, 0.4) is 0 Å². The molecule has 0 aromatic heterocycles. The summed E-state index contributed by atoms with van der Waals surface area (Å²) in [6.45, 7) is 10.7. The Kier molecular flexibility index (Phi) is 4.37. The minimum Gasteiger partial charge on any atom is -0.379 e. The maximum absolute atomic E-state index is 5.25. The topological polar surface area (TPSA) is 12.5 Å². The zero-order valence-corrected chi connectivity index (χ0v) is 8.41. The third kappa shape index (κ3) is 3.41. The zero-order valence-electron chi connectivity index (χ0n) is 7.59. The van der Waals surface area contributed by atoms with Crippen LogP contribution in [0.15, 0.2) is 0 Å². The molecular formula is C8H18ClNO. The van der Waals surface area contributed by atoms with Gasteiger partial charge in [0, 0.05) is 18.6 Å². The summed E-state index contributed by atoms with van der Waals surface area (Å²) in [6, 6.07) is 0. The molecule has 68 valence electrons. The standard InChI is InChI=1S/C8H17NO.ClH/c1-8(2,3)9-4-6-10-7-5-9;/h4-7H2,1-3H3;1H. The van der Waals surface area contributed by atoms with E-state index in [9.17, 15) is 0 Å². The molecule has 0 aliphatic carbocycles. The van der Waals surface area contributed by atoms with E-state index in [1.165, 1.54) is 0 Å². The van der Waals surface area contributed by atoms with Crippen molar-refractivity contribution in [2.75, 3.05) is 26.3 Å². The van der Waals surface area contributed by atoms with E-state index in [-0.39, 0.29) is 12.4 Å². The first-order valence-corrected chi connectivity index (χ1v) is 3.93. The molecule has 1 fully saturated rings. The first kappa shape index (κ1) is 11.2. The van der Waals surface area contributed by atoms with Crippen molar-refractivity contribution in [1.29, 1.82) is 0 Å². The molecule has 0 atom stereocenters. The highest BCUT2D eigenvalue weighted by Gasteiger charge is 2.22. The van der Waals surface area contributed by atoms with E-state index in [0.717, 1.165) is 26.3 Å². The van der Waals surface area contributed by atoms with Gasteiger partial charge in [0.05, 0.1) is 13.2 Å². The van der Waals surface area contributed by atoms with Crippen LogP contribution >= 0.6 is 12.4 Å². The Morgan fingerprint density at radius 3 is 1.82 bits per heavy atom. The van der Waals surface area contributed by atoms with E-state index in [1.807, 2.05) is 0 Å².